The van der Waals surface area contributed by atoms with Gasteiger partial charge in [-0.25, -0.2) is 0 Å². The van der Waals surface area contributed by atoms with E-state index in [-0.39, 0.29) is 53.5 Å². The lowest BCUT2D eigenvalue weighted by Crippen LogP contribution is -2.43. The van der Waals surface area contributed by atoms with Crippen molar-refractivity contribution in [1.82, 2.24) is 29.9 Å². The fraction of sp³-hybridized carbons (Fsp3) is 0.727. The van der Waals surface area contributed by atoms with E-state index < -0.39 is 18.2 Å². The molecule has 14 heteroatoms. The van der Waals surface area contributed by atoms with Crippen LogP contribution in [-0.2, 0) is 23.2 Å². The largest absolute Gasteiger partial charge is 0.461 e. The minimum absolute atomic E-state index is 0.00597. The average Bonchev–Trinajstić information content (AvgIpc) is 3.81. The number of carbonyl (C=O) groups excluding carboxylic acids is 1. The molecule has 2 unspecified atom stereocenters. The number of fused-ring (bicyclic) bond motifs is 2. The number of anilines is 1. The van der Waals surface area contributed by atoms with E-state index in [1.807, 2.05) is 14.0 Å². The number of carbonyl (C=O) groups is 1. The summed E-state index contributed by atoms with van der Waals surface area (Å²) in [5.74, 6) is 0.713. The van der Waals surface area contributed by atoms with E-state index in [9.17, 15) is 23.1 Å². The van der Waals surface area contributed by atoms with E-state index >= 15 is 0 Å². The number of aromatic nitrogens is 4. The molecule has 1 aliphatic carbocycles. The zero-order valence-corrected chi connectivity index (χ0v) is 27.7. The van der Waals surface area contributed by atoms with Gasteiger partial charge in [0, 0.05) is 50.3 Å². The molecule has 4 aliphatic rings. The van der Waals surface area contributed by atoms with Crippen molar-refractivity contribution < 1.29 is 32.3 Å². The molecule has 47 heavy (non-hydrogen) atoms. The molecule has 0 radical (unpaired) electrons. The van der Waals surface area contributed by atoms with Crippen LogP contribution >= 0.6 is 0 Å². The second-order valence-corrected chi connectivity index (χ2v) is 14.4. The van der Waals surface area contributed by atoms with Gasteiger partial charge in [0.1, 0.15) is 18.0 Å². The van der Waals surface area contributed by atoms with Crippen LogP contribution in [0, 0.1) is 11.8 Å². The Bertz CT molecular complexity index is 1460. The Kier molecular flexibility index (Phi) is 9.29. The summed E-state index contributed by atoms with van der Waals surface area (Å²) in [6, 6.07) is 0.253. The number of likely N-dealkylation sites (N-methyl/N-ethyl adjacent to an activating group) is 1. The van der Waals surface area contributed by atoms with Crippen molar-refractivity contribution in [2.24, 2.45) is 11.8 Å². The molecule has 3 atom stereocenters. The van der Waals surface area contributed by atoms with Gasteiger partial charge in [0.15, 0.2) is 0 Å². The fourth-order valence-corrected chi connectivity index (χ4v) is 7.79. The van der Waals surface area contributed by atoms with Crippen LogP contribution in [0.15, 0.2) is 10.6 Å². The van der Waals surface area contributed by atoms with E-state index in [2.05, 4.69) is 19.9 Å². The standard InChI is InChI=1S/C33H46F3N7O4/c1-21-17-24-25(18-22(21)9-13-33(34,35)36)37-30(46-20-32-11-5-14-43(32)15-6-12-32)39-28(24)41(4)23-10-16-42(19-23)27(44)8-7-26-38-29(40-47-26)31(2,3)45/h7-8,21-23,45H,5-6,9-20H2,1-4H3/b8-7+/t21?,22-,23?/m0/s1. The third-order valence-corrected chi connectivity index (χ3v) is 10.6. The molecule has 0 bridgehead atoms. The second kappa shape index (κ2) is 13.0. The molecular weight excluding hydrogens is 615 g/mol. The minimum atomic E-state index is -4.19. The Morgan fingerprint density at radius 2 is 1.89 bits per heavy atom. The lowest BCUT2D eigenvalue weighted by Gasteiger charge is -2.35. The Balaban J connectivity index is 1.19. The van der Waals surface area contributed by atoms with Gasteiger partial charge < -0.3 is 24.2 Å². The summed E-state index contributed by atoms with van der Waals surface area (Å²) in [5, 5.41) is 13.8. The molecule has 6 rings (SSSR count). The van der Waals surface area contributed by atoms with Crippen molar-refractivity contribution in [2.45, 2.75) is 102 Å². The molecular formula is C33H46F3N7O4. The van der Waals surface area contributed by atoms with E-state index in [1.165, 1.54) is 12.2 Å². The SMILES string of the molecule is CC1Cc2c(nc(OCC34CCCN3CCC4)nc2N(C)C2CCN(C(=O)/C=C/c3nc(C(C)(C)O)no3)C2)C[C@@H]1CCC(F)(F)F. The van der Waals surface area contributed by atoms with Gasteiger partial charge in [0.25, 0.3) is 5.89 Å². The van der Waals surface area contributed by atoms with E-state index in [0.29, 0.717) is 32.5 Å². The lowest BCUT2D eigenvalue weighted by molar-refractivity contribution is -0.138. The first-order valence-corrected chi connectivity index (χ1v) is 16.8. The number of nitrogens with zero attached hydrogens (tertiary/aromatic N) is 7. The molecule has 3 saturated heterocycles. The number of rotatable bonds is 10. The summed E-state index contributed by atoms with van der Waals surface area (Å²) in [5.41, 5.74) is 0.479. The first-order valence-electron chi connectivity index (χ1n) is 16.8. The monoisotopic (exact) mass is 661 g/mol. The Labute approximate surface area is 273 Å². The normalized spacial score (nSPS) is 24.6. The molecule has 0 spiro atoms. The average molecular weight is 662 g/mol. The maximum atomic E-state index is 13.2. The highest BCUT2D eigenvalue weighted by Gasteiger charge is 2.45. The molecule has 2 aromatic rings. The van der Waals surface area contributed by atoms with Crippen LogP contribution in [0.4, 0.5) is 19.0 Å². The van der Waals surface area contributed by atoms with Crippen LogP contribution in [-0.4, -0.2) is 98.5 Å². The third kappa shape index (κ3) is 7.43. The van der Waals surface area contributed by atoms with Crippen LogP contribution < -0.4 is 9.64 Å². The lowest BCUT2D eigenvalue weighted by atomic mass is 9.76. The predicted molar refractivity (Wildman–Crippen MR) is 168 cm³/mol. The van der Waals surface area contributed by atoms with Gasteiger partial charge in [-0.05, 0) is 90.1 Å². The van der Waals surface area contributed by atoms with E-state index in [0.717, 1.165) is 62.3 Å². The minimum Gasteiger partial charge on any atom is -0.461 e. The van der Waals surface area contributed by atoms with Crippen molar-refractivity contribution >= 4 is 17.8 Å². The highest BCUT2D eigenvalue weighted by molar-refractivity contribution is 5.91. The molecule has 2 aromatic heterocycles. The number of hydrogen-bond donors (Lipinski definition) is 1. The van der Waals surface area contributed by atoms with Crippen LogP contribution in [0.5, 0.6) is 6.01 Å². The summed E-state index contributed by atoms with van der Waals surface area (Å²) >= 11 is 0. The van der Waals surface area contributed by atoms with E-state index in [1.54, 1.807) is 18.7 Å². The first-order chi connectivity index (χ1) is 22.2. The van der Waals surface area contributed by atoms with Crippen LogP contribution in [0.3, 0.4) is 0 Å². The van der Waals surface area contributed by atoms with Crippen LogP contribution in [0.2, 0.25) is 0 Å². The second-order valence-electron chi connectivity index (χ2n) is 14.4. The molecule has 258 valence electrons. The molecule has 11 nitrogen and oxygen atoms in total. The summed E-state index contributed by atoms with van der Waals surface area (Å²) < 4.78 is 51.0. The number of amides is 1. The first kappa shape index (κ1) is 33.6. The summed E-state index contributed by atoms with van der Waals surface area (Å²) in [6.45, 7) is 8.77. The maximum Gasteiger partial charge on any atom is 0.389 e. The molecule has 0 saturated carbocycles. The number of likely N-dealkylation sites (tertiary alicyclic amines) is 1. The fourth-order valence-electron chi connectivity index (χ4n) is 7.79. The Morgan fingerprint density at radius 1 is 1.15 bits per heavy atom. The topological polar surface area (TPSA) is 121 Å². The van der Waals surface area contributed by atoms with Gasteiger partial charge in [-0.1, -0.05) is 12.1 Å². The highest BCUT2D eigenvalue weighted by Crippen LogP contribution is 2.41. The van der Waals surface area contributed by atoms with Gasteiger partial charge >= 0.3 is 12.2 Å². The number of ether oxygens (including phenoxy) is 1. The molecule has 3 fully saturated rings. The number of halogens is 3. The summed E-state index contributed by atoms with van der Waals surface area (Å²) in [6.07, 6.45) is 4.12. The highest BCUT2D eigenvalue weighted by atomic mass is 19.4. The van der Waals surface area contributed by atoms with Crippen molar-refractivity contribution in [2.75, 3.05) is 44.7 Å². The van der Waals surface area contributed by atoms with Crippen molar-refractivity contribution in [1.29, 1.82) is 0 Å². The Morgan fingerprint density at radius 3 is 2.57 bits per heavy atom. The van der Waals surface area contributed by atoms with E-state index in [4.69, 9.17) is 19.2 Å². The summed E-state index contributed by atoms with van der Waals surface area (Å²) in [7, 11) is 1.96. The quantitative estimate of drug-likeness (QED) is 0.364. The smallest absolute Gasteiger partial charge is 0.389 e. The molecule has 0 aromatic carbocycles. The maximum absolute atomic E-state index is 13.2. The molecule has 1 amide bonds. The third-order valence-electron chi connectivity index (χ3n) is 10.6. The van der Waals surface area contributed by atoms with Gasteiger partial charge in [0.2, 0.25) is 11.7 Å². The molecule has 1 N–H and O–H groups in total. The van der Waals surface area contributed by atoms with Gasteiger partial charge in [0.05, 0.1) is 11.2 Å². The van der Waals surface area contributed by atoms with Gasteiger partial charge in [-0.15, -0.1) is 0 Å². The molecule has 5 heterocycles. The zero-order chi connectivity index (χ0) is 33.6. The van der Waals surface area contributed by atoms with Crippen LogP contribution in [0.25, 0.3) is 6.08 Å². The van der Waals surface area contributed by atoms with Gasteiger partial charge in [-0.3, -0.25) is 9.69 Å². The van der Waals surface area contributed by atoms with Crippen molar-refractivity contribution in [3.05, 3.63) is 29.0 Å². The number of alkyl halides is 3. The number of hydrogen-bond acceptors (Lipinski definition) is 10. The van der Waals surface area contributed by atoms with Crippen LogP contribution in [0.1, 0.15) is 88.7 Å². The summed E-state index contributed by atoms with van der Waals surface area (Å²) in [4.78, 5) is 33.3. The van der Waals surface area contributed by atoms with Gasteiger partial charge in [-0.2, -0.15) is 28.1 Å². The van der Waals surface area contributed by atoms with Crippen molar-refractivity contribution in [3.63, 3.8) is 0 Å². The zero-order valence-electron chi connectivity index (χ0n) is 27.7. The van der Waals surface area contributed by atoms with Crippen molar-refractivity contribution in [3.8, 4) is 6.01 Å². The Hall–Kier alpha value is -3.26. The number of aliphatic hydroxyl groups is 1. The molecule has 3 aliphatic heterocycles. The predicted octanol–water partition coefficient (Wildman–Crippen LogP) is 4.54.